The molecule has 3 heterocycles. The lowest BCUT2D eigenvalue weighted by Gasteiger charge is -2.33. The molecule has 0 bridgehead atoms. The van der Waals surface area contributed by atoms with Crippen LogP contribution in [0.25, 0.3) is 10.9 Å². The second kappa shape index (κ2) is 10.9. The molecule has 0 saturated carbocycles. The average molecular weight is 497 g/mol. The van der Waals surface area contributed by atoms with Crippen molar-refractivity contribution in [2.45, 2.75) is 52.9 Å². The lowest BCUT2D eigenvalue weighted by molar-refractivity contribution is 0.116. The Hall–Kier alpha value is -4.04. The summed E-state index contributed by atoms with van der Waals surface area (Å²) in [5, 5.41) is 13.8. The van der Waals surface area contributed by atoms with Crippen LogP contribution in [0.15, 0.2) is 82.2 Å². The topological polar surface area (TPSA) is 92.8 Å². The first-order valence-electron chi connectivity index (χ1n) is 12.7. The number of aromatic amines is 1. The molecule has 0 aliphatic carbocycles. The van der Waals surface area contributed by atoms with Crippen LogP contribution in [-0.2, 0) is 26.1 Å². The van der Waals surface area contributed by atoms with Crippen molar-refractivity contribution >= 4 is 10.9 Å². The summed E-state index contributed by atoms with van der Waals surface area (Å²) in [6, 6.07) is 22.1. The first kappa shape index (κ1) is 24.6. The second-order valence-corrected chi connectivity index (χ2v) is 9.88. The highest BCUT2D eigenvalue weighted by molar-refractivity contribution is 5.79. The maximum Gasteiger partial charge on any atom is 0.252 e. The Morgan fingerprint density at radius 1 is 1.03 bits per heavy atom. The van der Waals surface area contributed by atoms with E-state index in [1.165, 1.54) is 5.56 Å². The van der Waals surface area contributed by atoms with Gasteiger partial charge in [-0.15, -0.1) is 5.10 Å². The van der Waals surface area contributed by atoms with Crippen molar-refractivity contribution in [1.82, 2.24) is 30.1 Å². The Morgan fingerprint density at radius 3 is 2.62 bits per heavy atom. The molecule has 2 aromatic carbocycles. The molecule has 1 N–H and O–H groups in total. The average Bonchev–Trinajstić information content (AvgIpc) is 3.56. The van der Waals surface area contributed by atoms with Gasteiger partial charge in [-0.3, -0.25) is 9.69 Å². The summed E-state index contributed by atoms with van der Waals surface area (Å²) in [6.45, 7) is 7.94. The number of furan rings is 1. The van der Waals surface area contributed by atoms with Crippen molar-refractivity contribution in [3.63, 3.8) is 0 Å². The molecule has 0 aliphatic heterocycles. The predicted molar refractivity (Wildman–Crippen MR) is 143 cm³/mol. The quantitative estimate of drug-likeness (QED) is 0.291. The molecule has 0 spiro atoms. The largest absolute Gasteiger partial charge is 0.468 e. The zero-order valence-corrected chi connectivity index (χ0v) is 21.5. The number of aryl methyl sites for hydroxylation is 3. The maximum atomic E-state index is 13.1. The fourth-order valence-electron chi connectivity index (χ4n) is 4.90. The normalized spacial score (nSPS) is 12.6. The maximum absolute atomic E-state index is 13.1. The van der Waals surface area contributed by atoms with Gasteiger partial charge in [0.25, 0.3) is 5.56 Å². The molecule has 5 aromatic rings. The molecule has 0 aliphatic rings. The fraction of sp³-hybridized carbons (Fsp3) is 0.310. The third-order valence-corrected chi connectivity index (χ3v) is 6.69. The minimum absolute atomic E-state index is 0.0891. The van der Waals surface area contributed by atoms with Gasteiger partial charge in [0, 0.05) is 24.2 Å². The number of nitrogens with one attached hydrogen (secondary N) is 1. The van der Waals surface area contributed by atoms with E-state index in [2.05, 4.69) is 57.5 Å². The fourth-order valence-corrected chi connectivity index (χ4v) is 4.90. The van der Waals surface area contributed by atoms with E-state index in [-0.39, 0.29) is 17.5 Å². The van der Waals surface area contributed by atoms with E-state index in [1.807, 2.05) is 60.1 Å². The summed E-state index contributed by atoms with van der Waals surface area (Å²) in [7, 11) is 0. The summed E-state index contributed by atoms with van der Waals surface area (Å²) in [5.41, 5.74) is 3.79. The minimum atomic E-state index is -0.135. The number of nitrogens with zero attached hydrogens (tertiary/aromatic N) is 5. The standard InChI is InChI=1S/C29H32N6O2/c1-20(2)27(28-31-32-33-35(28)14-13-22-8-5-4-6-9-22)34(19-25-10-7-15-37-25)18-24-17-23-12-11-21(3)16-26(23)30-29(24)36/h4-12,15-17,20,27H,13-14,18-19H2,1-3H3,(H,30,36)/t27-/m0/s1. The number of aromatic nitrogens is 5. The van der Waals surface area contributed by atoms with E-state index in [0.29, 0.717) is 25.2 Å². The number of rotatable bonds is 10. The van der Waals surface area contributed by atoms with Crippen LogP contribution in [0.2, 0.25) is 0 Å². The summed E-state index contributed by atoms with van der Waals surface area (Å²) in [5.74, 6) is 1.78. The monoisotopic (exact) mass is 496 g/mol. The van der Waals surface area contributed by atoms with Gasteiger partial charge in [0.15, 0.2) is 5.82 Å². The first-order valence-corrected chi connectivity index (χ1v) is 12.7. The van der Waals surface area contributed by atoms with Crippen molar-refractivity contribution in [3.05, 3.63) is 112 Å². The first-order chi connectivity index (χ1) is 18.0. The molecular formula is C29H32N6O2. The molecule has 5 rings (SSSR count). The molecule has 1 atom stereocenters. The number of tetrazole rings is 1. The van der Waals surface area contributed by atoms with Gasteiger partial charge in [0.1, 0.15) is 5.76 Å². The Balaban J connectivity index is 1.49. The molecule has 0 saturated heterocycles. The van der Waals surface area contributed by atoms with Crippen LogP contribution in [0.5, 0.6) is 0 Å². The molecular weight excluding hydrogens is 464 g/mol. The van der Waals surface area contributed by atoms with E-state index in [9.17, 15) is 4.79 Å². The molecule has 0 radical (unpaired) electrons. The van der Waals surface area contributed by atoms with Crippen molar-refractivity contribution in [3.8, 4) is 0 Å². The predicted octanol–water partition coefficient (Wildman–Crippen LogP) is 5.06. The molecule has 0 amide bonds. The second-order valence-electron chi connectivity index (χ2n) is 9.88. The van der Waals surface area contributed by atoms with E-state index in [4.69, 9.17) is 4.42 Å². The number of hydrogen-bond acceptors (Lipinski definition) is 6. The number of pyridine rings is 1. The van der Waals surface area contributed by atoms with E-state index in [0.717, 1.165) is 34.5 Å². The SMILES string of the molecule is Cc1ccc2cc(CN(Cc3ccco3)[C@H](c3nnnn3CCc3ccccc3)C(C)C)c(=O)[nH]c2c1. The van der Waals surface area contributed by atoms with Gasteiger partial charge in [-0.25, -0.2) is 4.68 Å². The van der Waals surface area contributed by atoms with Gasteiger partial charge in [0.2, 0.25) is 0 Å². The number of hydrogen-bond donors (Lipinski definition) is 1. The third-order valence-electron chi connectivity index (χ3n) is 6.69. The molecule has 0 fully saturated rings. The number of benzene rings is 2. The lowest BCUT2D eigenvalue weighted by atomic mass is 10.00. The Labute approximate surface area is 215 Å². The van der Waals surface area contributed by atoms with Crippen LogP contribution in [0, 0.1) is 12.8 Å². The number of fused-ring (bicyclic) bond motifs is 1. The molecule has 8 heteroatoms. The Kier molecular flexibility index (Phi) is 7.28. The van der Waals surface area contributed by atoms with Gasteiger partial charge in [-0.2, -0.15) is 0 Å². The minimum Gasteiger partial charge on any atom is -0.468 e. The number of H-pyrrole nitrogens is 1. The van der Waals surface area contributed by atoms with Crippen LogP contribution in [0.3, 0.4) is 0 Å². The van der Waals surface area contributed by atoms with Gasteiger partial charge in [-0.1, -0.05) is 56.3 Å². The highest BCUT2D eigenvalue weighted by Gasteiger charge is 2.30. The van der Waals surface area contributed by atoms with Gasteiger partial charge < -0.3 is 9.40 Å². The molecule has 190 valence electrons. The van der Waals surface area contributed by atoms with Crippen LogP contribution in [0.4, 0.5) is 0 Å². The smallest absolute Gasteiger partial charge is 0.252 e. The van der Waals surface area contributed by atoms with Gasteiger partial charge in [0.05, 0.1) is 18.8 Å². The zero-order valence-electron chi connectivity index (χ0n) is 21.5. The molecule has 37 heavy (non-hydrogen) atoms. The summed E-state index contributed by atoms with van der Waals surface area (Å²) in [6.07, 6.45) is 2.50. The highest BCUT2D eigenvalue weighted by atomic mass is 16.3. The third kappa shape index (κ3) is 5.70. The van der Waals surface area contributed by atoms with Crippen LogP contribution in [0.1, 0.15) is 48.2 Å². The van der Waals surface area contributed by atoms with E-state index in [1.54, 1.807) is 6.26 Å². The van der Waals surface area contributed by atoms with Gasteiger partial charge >= 0.3 is 0 Å². The zero-order chi connectivity index (χ0) is 25.8. The summed E-state index contributed by atoms with van der Waals surface area (Å²) in [4.78, 5) is 18.4. The van der Waals surface area contributed by atoms with Crippen LogP contribution >= 0.6 is 0 Å². The van der Waals surface area contributed by atoms with Crippen LogP contribution in [-0.4, -0.2) is 30.1 Å². The van der Waals surface area contributed by atoms with Crippen molar-refractivity contribution in [1.29, 1.82) is 0 Å². The highest BCUT2D eigenvalue weighted by Crippen LogP contribution is 2.30. The van der Waals surface area contributed by atoms with Crippen molar-refractivity contribution in [2.24, 2.45) is 5.92 Å². The Morgan fingerprint density at radius 2 is 1.86 bits per heavy atom. The lowest BCUT2D eigenvalue weighted by Crippen LogP contribution is -2.35. The molecule has 3 aromatic heterocycles. The van der Waals surface area contributed by atoms with Crippen LogP contribution < -0.4 is 5.56 Å². The van der Waals surface area contributed by atoms with Crippen molar-refractivity contribution < 1.29 is 4.42 Å². The van der Waals surface area contributed by atoms with Gasteiger partial charge in [-0.05, 0) is 70.5 Å². The van der Waals surface area contributed by atoms with E-state index < -0.39 is 0 Å². The van der Waals surface area contributed by atoms with Crippen molar-refractivity contribution in [2.75, 3.05) is 0 Å². The molecule has 8 nitrogen and oxygen atoms in total. The Bertz CT molecular complexity index is 1500. The summed E-state index contributed by atoms with van der Waals surface area (Å²) >= 11 is 0. The summed E-state index contributed by atoms with van der Waals surface area (Å²) < 4.78 is 7.60. The van der Waals surface area contributed by atoms with E-state index >= 15 is 0 Å². The molecule has 0 unspecified atom stereocenters.